The second-order valence-electron chi connectivity index (χ2n) is 6.19. The summed E-state index contributed by atoms with van der Waals surface area (Å²) in [4.78, 5) is 15.2. The van der Waals surface area contributed by atoms with Gasteiger partial charge in [0.2, 0.25) is 0 Å². The zero-order chi connectivity index (χ0) is 15.4. The van der Waals surface area contributed by atoms with Crippen molar-refractivity contribution in [2.45, 2.75) is 43.0 Å². The molecule has 3 atom stereocenters. The van der Waals surface area contributed by atoms with Crippen LogP contribution in [0.25, 0.3) is 0 Å². The molecule has 0 unspecified atom stereocenters. The van der Waals surface area contributed by atoms with Crippen molar-refractivity contribution in [2.75, 3.05) is 18.8 Å². The first-order valence-corrected chi connectivity index (χ1v) is 9.55. The number of hydrogen-bond donors (Lipinski definition) is 1. The van der Waals surface area contributed by atoms with Crippen molar-refractivity contribution in [1.82, 2.24) is 10.2 Å². The topological polar surface area (TPSA) is 49.4 Å². The Morgan fingerprint density at radius 1 is 1.18 bits per heavy atom. The van der Waals surface area contributed by atoms with Gasteiger partial charge in [-0.1, -0.05) is 24.6 Å². The van der Waals surface area contributed by atoms with Gasteiger partial charge in [0.1, 0.15) is 0 Å². The Morgan fingerprint density at radius 2 is 1.95 bits per heavy atom. The highest BCUT2D eigenvalue weighted by atomic mass is 32.2. The largest absolute Gasteiger partial charge is 0.337 e. The Kier molecular flexibility index (Phi) is 5.13. The van der Waals surface area contributed by atoms with Gasteiger partial charge in [-0.05, 0) is 43.7 Å². The molecule has 0 spiro atoms. The number of nitrogens with zero attached hydrogens (tertiary/aromatic N) is 1. The maximum Gasteiger partial charge on any atom is 0.317 e. The molecule has 2 aliphatic rings. The molecule has 3 rings (SSSR count). The highest BCUT2D eigenvalue weighted by Gasteiger charge is 2.37. The van der Waals surface area contributed by atoms with Crippen LogP contribution < -0.4 is 5.32 Å². The molecule has 1 saturated carbocycles. The molecule has 1 aliphatic carbocycles. The Balaban J connectivity index is 1.47. The van der Waals surface area contributed by atoms with E-state index in [1.807, 2.05) is 35.2 Å². The Labute approximate surface area is 134 Å². The standard InChI is InChI=1S/C17H24N2O2S/c20-17(19-12-5-7-14-6-4-10-16(14)19)18-11-13-22(21)15-8-2-1-3-9-15/h1-3,8-9,14,16H,4-7,10-13H2,(H,18,20)/t14-,16+,22+/m0/s1. The number of likely N-dealkylation sites (tertiary alicyclic amines) is 1. The van der Waals surface area contributed by atoms with Gasteiger partial charge >= 0.3 is 6.03 Å². The van der Waals surface area contributed by atoms with Crippen molar-refractivity contribution in [1.29, 1.82) is 0 Å². The molecule has 1 aromatic rings. The van der Waals surface area contributed by atoms with Crippen molar-refractivity contribution in [3.8, 4) is 0 Å². The normalized spacial score (nSPS) is 25.5. The molecule has 0 radical (unpaired) electrons. The smallest absolute Gasteiger partial charge is 0.317 e. The van der Waals surface area contributed by atoms with Crippen molar-refractivity contribution in [3.63, 3.8) is 0 Å². The fraction of sp³-hybridized carbons (Fsp3) is 0.588. The van der Waals surface area contributed by atoms with E-state index in [1.54, 1.807) is 0 Å². The van der Waals surface area contributed by atoms with Gasteiger partial charge in [0.05, 0.1) is 10.8 Å². The van der Waals surface area contributed by atoms with Gasteiger partial charge < -0.3 is 10.2 Å². The molecule has 1 saturated heterocycles. The van der Waals surface area contributed by atoms with Gasteiger partial charge in [-0.25, -0.2) is 4.79 Å². The zero-order valence-corrected chi connectivity index (χ0v) is 13.7. The zero-order valence-electron chi connectivity index (χ0n) is 12.9. The minimum absolute atomic E-state index is 0.0293. The lowest BCUT2D eigenvalue weighted by molar-refractivity contribution is 0.129. The van der Waals surface area contributed by atoms with Crippen molar-refractivity contribution < 1.29 is 9.00 Å². The first kappa shape index (κ1) is 15.5. The fourth-order valence-corrected chi connectivity index (χ4v) is 4.73. The number of amides is 2. The highest BCUT2D eigenvalue weighted by Crippen LogP contribution is 2.36. The lowest BCUT2D eigenvalue weighted by atomic mass is 9.92. The first-order valence-electron chi connectivity index (χ1n) is 8.23. The first-order chi connectivity index (χ1) is 10.8. The average molecular weight is 320 g/mol. The SMILES string of the molecule is O=C(NCC[S@@](=O)c1ccccc1)N1CCC[C@@H]2CCC[C@H]21. The lowest BCUT2D eigenvalue weighted by Crippen LogP contribution is -2.51. The Hall–Kier alpha value is -1.36. The monoisotopic (exact) mass is 320 g/mol. The molecule has 0 aromatic heterocycles. The van der Waals surface area contributed by atoms with E-state index < -0.39 is 10.8 Å². The summed E-state index contributed by atoms with van der Waals surface area (Å²) in [6, 6.07) is 9.89. The van der Waals surface area contributed by atoms with E-state index in [9.17, 15) is 9.00 Å². The second kappa shape index (κ2) is 7.27. The molecule has 4 nitrogen and oxygen atoms in total. The Morgan fingerprint density at radius 3 is 2.77 bits per heavy atom. The molecule has 1 aliphatic heterocycles. The Bertz CT molecular complexity index is 535. The molecule has 1 heterocycles. The van der Waals surface area contributed by atoms with Gasteiger partial charge in [-0.2, -0.15) is 0 Å². The summed E-state index contributed by atoms with van der Waals surface area (Å²) < 4.78 is 12.1. The number of benzene rings is 1. The summed E-state index contributed by atoms with van der Waals surface area (Å²) in [5.41, 5.74) is 0. The maximum atomic E-state index is 12.4. The molecule has 1 N–H and O–H groups in total. The van der Waals surface area contributed by atoms with E-state index in [4.69, 9.17) is 0 Å². The maximum absolute atomic E-state index is 12.4. The number of nitrogens with one attached hydrogen (secondary N) is 1. The molecule has 1 aromatic carbocycles. The van der Waals surface area contributed by atoms with Crippen LogP contribution in [0.5, 0.6) is 0 Å². The van der Waals surface area contributed by atoms with E-state index in [0.717, 1.165) is 24.3 Å². The van der Waals surface area contributed by atoms with E-state index in [1.165, 1.54) is 19.3 Å². The van der Waals surface area contributed by atoms with Crippen LogP contribution in [0.3, 0.4) is 0 Å². The number of carbonyl (C=O) groups is 1. The van der Waals surface area contributed by atoms with Gasteiger partial charge in [0.25, 0.3) is 0 Å². The third-order valence-electron chi connectivity index (χ3n) is 4.82. The predicted octanol–water partition coefficient (Wildman–Crippen LogP) is 2.77. The molecule has 0 bridgehead atoms. The molecular weight excluding hydrogens is 296 g/mol. The van der Waals surface area contributed by atoms with Gasteiger partial charge in [-0.15, -0.1) is 0 Å². The van der Waals surface area contributed by atoms with Crippen LogP contribution in [-0.2, 0) is 10.8 Å². The van der Waals surface area contributed by atoms with Crippen molar-refractivity contribution in [2.24, 2.45) is 5.92 Å². The van der Waals surface area contributed by atoms with Crippen LogP contribution in [0.15, 0.2) is 35.2 Å². The average Bonchev–Trinajstić information content (AvgIpc) is 3.04. The number of hydrogen-bond acceptors (Lipinski definition) is 2. The van der Waals surface area contributed by atoms with Crippen LogP contribution >= 0.6 is 0 Å². The number of carbonyl (C=O) groups excluding carboxylic acids is 1. The summed E-state index contributed by atoms with van der Waals surface area (Å²) >= 11 is 0. The molecule has 5 heteroatoms. The van der Waals surface area contributed by atoms with Crippen LogP contribution in [0.1, 0.15) is 32.1 Å². The number of fused-ring (bicyclic) bond motifs is 1. The summed E-state index contributed by atoms with van der Waals surface area (Å²) in [5, 5.41) is 2.96. The van der Waals surface area contributed by atoms with Gasteiger partial charge in [0, 0.05) is 29.8 Å². The van der Waals surface area contributed by atoms with Crippen LogP contribution in [0.2, 0.25) is 0 Å². The van der Waals surface area contributed by atoms with E-state index in [2.05, 4.69) is 5.32 Å². The molecule has 2 fully saturated rings. The highest BCUT2D eigenvalue weighted by molar-refractivity contribution is 7.85. The van der Waals surface area contributed by atoms with Crippen LogP contribution in [-0.4, -0.2) is 40.0 Å². The molecule has 2 amide bonds. The van der Waals surface area contributed by atoms with Crippen LogP contribution in [0, 0.1) is 5.92 Å². The summed E-state index contributed by atoms with van der Waals surface area (Å²) in [7, 11) is -1.04. The van der Waals surface area contributed by atoms with E-state index in [0.29, 0.717) is 24.3 Å². The van der Waals surface area contributed by atoms with Gasteiger partial charge in [0.15, 0.2) is 0 Å². The van der Waals surface area contributed by atoms with Crippen molar-refractivity contribution in [3.05, 3.63) is 30.3 Å². The summed E-state index contributed by atoms with van der Waals surface area (Å²) in [6.07, 6.45) is 6.05. The third-order valence-corrected chi connectivity index (χ3v) is 6.20. The van der Waals surface area contributed by atoms with Crippen molar-refractivity contribution >= 4 is 16.8 Å². The molecule has 120 valence electrons. The minimum Gasteiger partial charge on any atom is -0.337 e. The molecule has 22 heavy (non-hydrogen) atoms. The van der Waals surface area contributed by atoms with E-state index in [-0.39, 0.29) is 6.03 Å². The van der Waals surface area contributed by atoms with Gasteiger partial charge in [-0.3, -0.25) is 4.21 Å². The lowest BCUT2D eigenvalue weighted by Gasteiger charge is -2.37. The quantitative estimate of drug-likeness (QED) is 0.927. The summed E-state index contributed by atoms with van der Waals surface area (Å²) in [6.45, 7) is 1.34. The number of urea groups is 1. The summed E-state index contributed by atoms with van der Waals surface area (Å²) in [5.74, 6) is 1.18. The number of rotatable bonds is 4. The minimum atomic E-state index is -1.04. The van der Waals surface area contributed by atoms with E-state index >= 15 is 0 Å². The van der Waals surface area contributed by atoms with Crippen LogP contribution in [0.4, 0.5) is 4.79 Å². The fourth-order valence-electron chi connectivity index (χ4n) is 3.75. The number of piperidine rings is 1. The third kappa shape index (κ3) is 3.51. The molecular formula is C17H24N2O2S. The second-order valence-corrected chi connectivity index (χ2v) is 7.76. The predicted molar refractivity (Wildman–Crippen MR) is 88.2 cm³/mol.